The van der Waals surface area contributed by atoms with E-state index in [1.165, 1.54) is 0 Å². The predicted molar refractivity (Wildman–Crippen MR) is 92.7 cm³/mol. The first-order valence-corrected chi connectivity index (χ1v) is 8.37. The molecule has 1 aliphatic rings. The monoisotopic (exact) mass is 328 g/mol. The minimum absolute atomic E-state index is 0.0359. The van der Waals surface area contributed by atoms with Gasteiger partial charge in [-0.2, -0.15) is 0 Å². The number of benzene rings is 1. The van der Waals surface area contributed by atoms with Gasteiger partial charge in [-0.05, 0) is 37.0 Å². The average Bonchev–Trinajstić information content (AvgIpc) is 3.04. The van der Waals surface area contributed by atoms with E-state index < -0.39 is 0 Å². The van der Waals surface area contributed by atoms with Crippen LogP contribution < -0.4 is 5.32 Å². The van der Waals surface area contributed by atoms with Crippen molar-refractivity contribution >= 4 is 11.6 Å². The quantitative estimate of drug-likeness (QED) is 0.879. The minimum atomic E-state index is 0.0359. The van der Waals surface area contributed by atoms with E-state index in [2.05, 4.69) is 10.3 Å². The van der Waals surface area contributed by atoms with E-state index in [1.54, 1.807) is 6.20 Å². The predicted octanol–water partition coefficient (Wildman–Crippen LogP) is 1.88. The Morgan fingerprint density at radius 3 is 3.08 bits per heavy atom. The summed E-state index contributed by atoms with van der Waals surface area (Å²) in [7, 11) is 1.96. The first kappa shape index (κ1) is 16.5. The summed E-state index contributed by atoms with van der Waals surface area (Å²) in [5, 5.41) is 12.6. The number of amides is 1. The van der Waals surface area contributed by atoms with Crippen molar-refractivity contribution in [2.75, 3.05) is 25.0 Å². The van der Waals surface area contributed by atoms with Gasteiger partial charge in [0.05, 0.1) is 6.54 Å². The second-order valence-corrected chi connectivity index (χ2v) is 6.33. The summed E-state index contributed by atoms with van der Waals surface area (Å²) in [6.07, 6.45) is 5.62. The number of carbonyl (C=O) groups is 1. The van der Waals surface area contributed by atoms with E-state index in [9.17, 15) is 9.90 Å². The van der Waals surface area contributed by atoms with Gasteiger partial charge in [-0.1, -0.05) is 6.07 Å². The van der Waals surface area contributed by atoms with Crippen LogP contribution >= 0.6 is 0 Å². The molecule has 2 aromatic rings. The van der Waals surface area contributed by atoms with Gasteiger partial charge in [0.15, 0.2) is 0 Å². The maximum atomic E-state index is 12.7. The lowest BCUT2D eigenvalue weighted by Crippen LogP contribution is -2.40. The van der Waals surface area contributed by atoms with Gasteiger partial charge in [-0.25, -0.2) is 4.98 Å². The fourth-order valence-corrected chi connectivity index (χ4v) is 3.09. The molecule has 0 saturated carbocycles. The van der Waals surface area contributed by atoms with Crippen LogP contribution in [0.4, 0.5) is 5.69 Å². The van der Waals surface area contributed by atoms with Crippen LogP contribution in [-0.4, -0.2) is 45.2 Å². The highest BCUT2D eigenvalue weighted by atomic mass is 16.3. The van der Waals surface area contributed by atoms with Crippen LogP contribution in [0.15, 0.2) is 36.7 Å². The first-order valence-electron chi connectivity index (χ1n) is 8.37. The Balaban J connectivity index is 1.66. The van der Waals surface area contributed by atoms with Crippen LogP contribution in [0.5, 0.6) is 0 Å². The van der Waals surface area contributed by atoms with Gasteiger partial charge >= 0.3 is 0 Å². The number of rotatable bonds is 5. The van der Waals surface area contributed by atoms with Crippen LogP contribution in [-0.2, 0) is 13.6 Å². The van der Waals surface area contributed by atoms with Crippen molar-refractivity contribution in [2.24, 2.45) is 13.0 Å². The van der Waals surface area contributed by atoms with Gasteiger partial charge in [-0.3, -0.25) is 4.79 Å². The van der Waals surface area contributed by atoms with E-state index in [1.807, 2.05) is 47.0 Å². The van der Waals surface area contributed by atoms with Gasteiger partial charge in [0, 0.05) is 50.4 Å². The zero-order chi connectivity index (χ0) is 16.9. The number of nitrogens with zero attached hydrogens (tertiary/aromatic N) is 3. The third-order valence-electron chi connectivity index (χ3n) is 4.55. The standard InChI is InChI=1S/C18H24N4O2/c1-21-9-7-19-17(21)11-20-16-6-2-5-15(10-16)18(24)22-8-3-4-14(12-22)13-23/h2,5-7,9-10,14,20,23H,3-4,8,11-13H2,1H3. The molecule has 1 amide bonds. The molecule has 1 atom stereocenters. The largest absolute Gasteiger partial charge is 0.396 e. The summed E-state index contributed by atoms with van der Waals surface area (Å²) in [6.45, 7) is 2.16. The Kier molecular flexibility index (Phi) is 5.15. The molecule has 1 aromatic heterocycles. The highest BCUT2D eigenvalue weighted by molar-refractivity contribution is 5.95. The van der Waals surface area contributed by atoms with Crippen molar-refractivity contribution in [1.82, 2.24) is 14.5 Å². The number of hydrogen-bond donors (Lipinski definition) is 2. The zero-order valence-corrected chi connectivity index (χ0v) is 14.0. The van der Waals surface area contributed by atoms with Crippen LogP contribution in [0.2, 0.25) is 0 Å². The second kappa shape index (κ2) is 7.49. The number of aliphatic hydroxyl groups is 1. The fourth-order valence-electron chi connectivity index (χ4n) is 3.09. The highest BCUT2D eigenvalue weighted by Crippen LogP contribution is 2.20. The van der Waals surface area contributed by atoms with E-state index >= 15 is 0 Å². The van der Waals surface area contributed by atoms with E-state index in [0.29, 0.717) is 18.7 Å². The van der Waals surface area contributed by atoms with Crippen molar-refractivity contribution in [1.29, 1.82) is 0 Å². The summed E-state index contributed by atoms with van der Waals surface area (Å²) < 4.78 is 1.96. The molecule has 1 aromatic carbocycles. The molecule has 0 radical (unpaired) electrons. The molecule has 0 bridgehead atoms. The zero-order valence-electron chi connectivity index (χ0n) is 14.0. The van der Waals surface area contributed by atoms with Crippen LogP contribution in [0.1, 0.15) is 29.0 Å². The Morgan fingerprint density at radius 2 is 2.33 bits per heavy atom. The molecular formula is C18H24N4O2. The number of carbonyl (C=O) groups excluding carboxylic acids is 1. The Bertz CT molecular complexity index is 698. The second-order valence-electron chi connectivity index (χ2n) is 6.33. The van der Waals surface area contributed by atoms with Crippen molar-refractivity contribution in [3.05, 3.63) is 48.0 Å². The lowest BCUT2D eigenvalue weighted by molar-refractivity contribution is 0.0621. The summed E-state index contributed by atoms with van der Waals surface area (Å²) in [4.78, 5) is 18.8. The molecule has 1 saturated heterocycles. The lowest BCUT2D eigenvalue weighted by Gasteiger charge is -2.32. The van der Waals surface area contributed by atoms with E-state index in [-0.39, 0.29) is 18.4 Å². The Hall–Kier alpha value is -2.34. The van der Waals surface area contributed by atoms with Gasteiger partial charge in [0.1, 0.15) is 5.82 Å². The first-order chi connectivity index (χ1) is 11.7. The van der Waals surface area contributed by atoms with Crippen LogP contribution in [0.25, 0.3) is 0 Å². The number of imidazole rings is 1. The molecule has 6 nitrogen and oxygen atoms in total. The SMILES string of the molecule is Cn1ccnc1CNc1cccc(C(=O)N2CCCC(CO)C2)c1. The maximum absolute atomic E-state index is 12.7. The normalized spacial score (nSPS) is 17.8. The molecule has 24 heavy (non-hydrogen) atoms. The fraction of sp³-hybridized carbons (Fsp3) is 0.444. The number of aryl methyl sites for hydroxylation is 1. The number of nitrogens with one attached hydrogen (secondary N) is 1. The summed E-state index contributed by atoms with van der Waals surface area (Å²) in [5.74, 6) is 1.18. The van der Waals surface area contributed by atoms with Crippen LogP contribution in [0.3, 0.4) is 0 Å². The van der Waals surface area contributed by atoms with E-state index in [0.717, 1.165) is 30.9 Å². The average molecular weight is 328 g/mol. The van der Waals surface area contributed by atoms with Gasteiger partial charge in [0.2, 0.25) is 0 Å². The third kappa shape index (κ3) is 3.76. The summed E-state index contributed by atoms with van der Waals surface area (Å²) >= 11 is 0. The Labute approximate surface area is 142 Å². The number of piperidine rings is 1. The molecule has 1 aliphatic heterocycles. The number of aromatic nitrogens is 2. The molecule has 1 unspecified atom stereocenters. The molecule has 1 fully saturated rings. The summed E-state index contributed by atoms with van der Waals surface area (Å²) in [5.41, 5.74) is 1.58. The lowest BCUT2D eigenvalue weighted by atomic mass is 9.98. The topological polar surface area (TPSA) is 70.4 Å². The molecule has 2 heterocycles. The number of anilines is 1. The van der Waals surface area contributed by atoms with E-state index in [4.69, 9.17) is 0 Å². The maximum Gasteiger partial charge on any atom is 0.253 e. The molecular weight excluding hydrogens is 304 g/mol. The van der Waals surface area contributed by atoms with Gasteiger partial charge in [-0.15, -0.1) is 0 Å². The van der Waals surface area contributed by atoms with Crippen molar-refractivity contribution in [3.63, 3.8) is 0 Å². The third-order valence-corrected chi connectivity index (χ3v) is 4.55. The molecule has 0 aliphatic carbocycles. The molecule has 2 N–H and O–H groups in total. The molecule has 0 spiro atoms. The van der Waals surface area contributed by atoms with Crippen molar-refractivity contribution < 1.29 is 9.90 Å². The highest BCUT2D eigenvalue weighted by Gasteiger charge is 2.24. The number of aliphatic hydroxyl groups excluding tert-OH is 1. The molecule has 6 heteroatoms. The number of likely N-dealkylation sites (tertiary alicyclic amines) is 1. The van der Waals surface area contributed by atoms with Gasteiger partial charge < -0.3 is 19.9 Å². The van der Waals surface area contributed by atoms with Gasteiger partial charge in [0.25, 0.3) is 5.91 Å². The molecule has 128 valence electrons. The van der Waals surface area contributed by atoms with Crippen molar-refractivity contribution in [3.8, 4) is 0 Å². The summed E-state index contributed by atoms with van der Waals surface area (Å²) in [6, 6.07) is 7.57. The minimum Gasteiger partial charge on any atom is -0.396 e. The smallest absolute Gasteiger partial charge is 0.253 e. The Morgan fingerprint density at radius 1 is 1.46 bits per heavy atom. The molecule has 3 rings (SSSR count). The number of hydrogen-bond acceptors (Lipinski definition) is 4. The van der Waals surface area contributed by atoms with Crippen molar-refractivity contribution in [2.45, 2.75) is 19.4 Å². The van der Waals surface area contributed by atoms with Crippen LogP contribution in [0, 0.1) is 5.92 Å².